The third kappa shape index (κ3) is 13.2. The number of hydrogen-bond acceptors (Lipinski definition) is 5. The van der Waals surface area contributed by atoms with Crippen LogP contribution in [0.1, 0.15) is 144 Å². The Balaban J connectivity index is 1.91. The topological polar surface area (TPSA) is 89.9 Å². The standard InChI is InChI=1S/C35H49FO6/c1-3-5-7-9-11-12-14-16-18-24-41-35(40)30-22-20-27(25-32(30)36)31-26-28(21-23-29(31)34(38)39)42-33(37)19-17-15-13-10-8-6-4-2/h20-23,25-26H,3-19,24H2,1-2H3,(H,38,39). The van der Waals surface area contributed by atoms with Gasteiger partial charge in [0.1, 0.15) is 11.6 Å². The first-order valence-corrected chi connectivity index (χ1v) is 15.9. The molecule has 0 aliphatic rings. The normalized spacial score (nSPS) is 10.9. The van der Waals surface area contributed by atoms with Crippen molar-refractivity contribution in [2.75, 3.05) is 6.61 Å². The molecular formula is C35H49FO6. The van der Waals surface area contributed by atoms with E-state index in [4.69, 9.17) is 9.47 Å². The number of carbonyl (C=O) groups excluding carboxylic acids is 2. The van der Waals surface area contributed by atoms with Crippen LogP contribution in [0.15, 0.2) is 36.4 Å². The Labute approximate surface area is 251 Å². The molecule has 0 saturated carbocycles. The largest absolute Gasteiger partial charge is 0.478 e. The molecule has 1 N–H and O–H groups in total. The number of carboxylic acids is 1. The highest BCUT2D eigenvalue weighted by molar-refractivity contribution is 5.97. The van der Waals surface area contributed by atoms with Crippen molar-refractivity contribution in [2.24, 2.45) is 0 Å². The molecule has 0 saturated heterocycles. The quantitative estimate of drug-likeness (QED) is 0.0841. The van der Waals surface area contributed by atoms with Crippen molar-refractivity contribution in [3.05, 3.63) is 53.3 Å². The molecule has 0 spiro atoms. The smallest absolute Gasteiger partial charge is 0.341 e. The molecule has 6 nitrogen and oxygen atoms in total. The number of hydrogen-bond donors (Lipinski definition) is 1. The lowest BCUT2D eigenvalue weighted by Crippen LogP contribution is -2.10. The fourth-order valence-electron chi connectivity index (χ4n) is 4.92. The number of benzene rings is 2. The molecule has 0 amide bonds. The van der Waals surface area contributed by atoms with Crippen LogP contribution in [-0.4, -0.2) is 29.6 Å². The van der Waals surface area contributed by atoms with Crippen LogP contribution < -0.4 is 4.74 Å². The third-order valence-electron chi connectivity index (χ3n) is 7.42. The van der Waals surface area contributed by atoms with Crippen molar-refractivity contribution >= 4 is 17.9 Å². The van der Waals surface area contributed by atoms with Crippen LogP contribution in [0, 0.1) is 5.82 Å². The van der Waals surface area contributed by atoms with Gasteiger partial charge >= 0.3 is 17.9 Å². The molecule has 0 atom stereocenters. The summed E-state index contributed by atoms with van der Waals surface area (Å²) < 4.78 is 25.7. The van der Waals surface area contributed by atoms with Crippen LogP contribution in [0.5, 0.6) is 5.75 Å². The van der Waals surface area contributed by atoms with E-state index in [1.54, 1.807) is 0 Å². The number of esters is 2. The van der Waals surface area contributed by atoms with Crippen molar-refractivity contribution in [3.8, 4) is 16.9 Å². The van der Waals surface area contributed by atoms with Gasteiger partial charge in [0.05, 0.1) is 17.7 Å². The average molecular weight is 585 g/mol. The Morgan fingerprint density at radius 3 is 1.81 bits per heavy atom. The lowest BCUT2D eigenvalue weighted by molar-refractivity contribution is -0.134. The second-order valence-electron chi connectivity index (χ2n) is 11.0. The van der Waals surface area contributed by atoms with Crippen LogP contribution in [-0.2, 0) is 9.53 Å². The molecule has 0 aliphatic carbocycles. The van der Waals surface area contributed by atoms with E-state index in [1.165, 1.54) is 88.1 Å². The number of ether oxygens (including phenoxy) is 2. The highest BCUT2D eigenvalue weighted by Crippen LogP contribution is 2.30. The number of carbonyl (C=O) groups is 3. The van der Waals surface area contributed by atoms with Gasteiger partial charge in [-0.3, -0.25) is 4.79 Å². The van der Waals surface area contributed by atoms with Crippen LogP contribution in [0.3, 0.4) is 0 Å². The third-order valence-corrected chi connectivity index (χ3v) is 7.42. The first kappa shape index (κ1) is 35.0. The maximum Gasteiger partial charge on any atom is 0.341 e. The van der Waals surface area contributed by atoms with Gasteiger partial charge in [-0.2, -0.15) is 0 Å². The van der Waals surface area contributed by atoms with Crippen LogP contribution in [0.4, 0.5) is 4.39 Å². The van der Waals surface area contributed by atoms with Crippen LogP contribution >= 0.6 is 0 Å². The Morgan fingerprint density at radius 1 is 0.690 bits per heavy atom. The van der Waals surface area contributed by atoms with E-state index in [0.717, 1.165) is 51.0 Å². The second-order valence-corrected chi connectivity index (χ2v) is 11.0. The van der Waals surface area contributed by atoms with Gasteiger partial charge in [0.15, 0.2) is 0 Å². The van der Waals surface area contributed by atoms with E-state index in [2.05, 4.69) is 13.8 Å². The first-order valence-electron chi connectivity index (χ1n) is 15.9. The van der Waals surface area contributed by atoms with Gasteiger partial charge in [0, 0.05) is 6.42 Å². The summed E-state index contributed by atoms with van der Waals surface area (Å²) in [6, 6.07) is 8.06. The number of halogens is 1. The fraction of sp³-hybridized carbons (Fsp3) is 0.571. The van der Waals surface area contributed by atoms with E-state index < -0.39 is 23.7 Å². The Kier molecular flexibility index (Phi) is 17.2. The Bertz CT molecular complexity index is 1110. The van der Waals surface area contributed by atoms with Gasteiger partial charge in [0.2, 0.25) is 0 Å². The van der Waals surface area contributed by atoms with Crippen molar-refractivity contribution in [2.45, 2.75) is 123 Å². The van der Waals surface area contributed by atoms with E-state index in [-0.39, 0.29) is 41.0 Å². The SMILES string of the molecule is CCCCCCCCCCCOC(=O)c1ccc(-c2cc(OC(=O)CCCCCCCCC)ccc2C(=O)O)cc1F. The number of carboxylic acid groups (broad SMARTS) is 1. The molecule has 7 heteroatoms. The molecule has 0 heterocycles. The van der Waals surface area contributed by atoms with Gasteiger partial charge in [-0.05, 0) is 54.3 Å². The number of aromatic carboxylic acids is 1. The van der Waals surface area contributed by atoms with E-state index in [0.29, 0.717) is 0 Å². The average Bonchev–Trinajstić information content (AvgIpc) is 2.97. The van der Waals surface area contributed by atoms with E-state index in [9.17, 15) is 23.9 Å². The summed E-state index contributed by atoms with van der Waals surface area (Å²) in [5.74, 6) is -2.95. The number of unbranched alkanes of at least 4 members (excludes halogenated alkanes) is 14. The highest BCUT2D eigenvalue weighted by atomic mass is 19.1. The van der Waals surface area contributed by atoms with E-state index in [1.807, 2.05) is 0 Å². The molecule has 0 bridgehead atoms. The predicted molar refractivity (Wildman–Crippen MR) is 165 cm³/mol. The monoisotopic (exact) mass is 584 g/mol. The molecule has 0 fully saturated rings. The van der Waals surface area contributed by atoms with Gasteiger partial charge in [-0.15, -0.1) is 0 Å². The van der Waals surface area contributed by atoms with Gasteiger partial charge in [-0.25, -0.2) is 14.0 Å². The molecular weight excluding hydrogens is 535 g/mol. The molecule has 232 valence electrons. The zero-order valence-corrected chi connectivity index (χ0v) is 25.6. The molecule has 0 aromatic heterocycles. The summed E-state index contributed by atoms with van der Waals surface area (Å²) in [6.45, 7) is 4.60. The summed E-state index contributed by atoms with van der Waals surface area (Å²) in [5.41, 5.74) is 0.174. The summed E-state index contributed by atoms with van der Waals surface area (Å²) in [4.78, 5) is 36.7. The summed E-state index contributed by atoms with van der Waals surface area (Å²) >= 11 is 0. The van der Waals surface area contributed by atoms with Crippen LogP contribution in [0.25, 0.3) is 11.1 Å². The zero-order chi connectivity index (χ0) is 30.6. The zero-order valence-electron chi connectivity index (χ0n) is 25.6. The predicted octanol–water partition coefficient (Wildman–Crippen LogP) is 9.92. The molecule has 2 aromatic carbocycles. The minimum Gasteiger partial charge on any atom is -0.478 e. The summed E-state index contributed by atoms with van der Waals surface area (Å²) in [6.07, 6.45) is 18.1. The molecule has 42 heavy (non-hydrogen) atoms. The maximum atomic E-state index is 15.0. The second kappa shape index (κ2) is 20.6. The van der Waals surface area contributed by atoms with Crippen LogP contribution in [0.2, 0.25) is 0 Å². The molecule has 2 aromatic rings. The summed E-state index contributed by atoms with van der Waals surface area (Å²) in [5, 5.41) is 9.68. The Hall–Kier alpha value is -3.22. The minimum atomic E-state index is -1.20. The lowest BCUT2D eigenvalue weighted by Gasteiger charge is -2.12. The van der Waals surface area contributed by atoms with E-state index >= 15 is 0 Å². The molecule has 2 rings (SSSR count). The highest BCUT2D eigenvalue weighted by Gasteiger charge is 2.18. The van der Waals surface area contributed by atoms with Crippen molar-refractivity contribution in [1.82, 2.24) is 0 Å². The number of rotatable bonds is 22. The molecule has 0 radical (unpaired) electrons. The maximum absolute atomic E-state index is 15.0. The molecule has 0 unspecified atom stereocenters. The van der Waals surface area contributed by atoms with Crippen molar-refractivity contribution in [3.63, 3.8) is 0 Å². The molecule has 0 aliphatic heterocycles. The van der Waals surface area contributed by atoms with Crippen molar-refractivity contribution < 1.29 is 33.4 Å². The summed E-state index contributed by atoms with van der Waals surface area (Å²) in [7, 11) is 0. The van der Waals surface area contributed by atoms with Crippen molar-refractivity contribution in [1.29, 1.82) is 0 Å². The first-order chi connectivity index (χ1) is 20.4. The Morgan fingerprint density at radius 2 is 1.24 bits per heavy atom. The van der Waals surface area contributed by atoms with Gasteiger partial charge in [-0.1, -0.05) is 110 Å². The van der Waals surface area contributed by atoms with Gasteiger partial charge < -0.3 is 14.6 Å². The lowest BCUT2D eigenvalue weighted by atomic mass is 9.98. The fourth-order valence-corrected chi connectivity index (χ4v) is 4.92. The minimum absolute atomic E-state index is 0.0676. The van der Waals surface area contributed by atoms with Gasteiger partial charge in [0.25, 0.3) is 0 Å².